The van der Waals surface area contributed by atoms with Crippen molar-refractivity contribution < 1.29 is 14.3 Å². The van der Waals surface area contributed by atoms with Crippen molar-refractivity contribution in [2.24, 2.45) is 5.92 Å². The Bertz CT molecular complexity index is 930. The highest BCUT2D eigenvalue weighted by Crippen LogP contribution is 2.12. The monoisotopic (exact) mass is 377 g/mol. The molecule has 0 aliphatic carbocycles. The number of nitrogens with one attached hydrogen (secondary N) is 2. The zero-order valence-electron chi connectivity index (χ0n) is 15.1. The summed E-state index contributed by atoms with van der Waals surface area (Å²) in [5.74, 6) is -0.126. The second kappa shape index (κ2) is 8.75. The summed E-state index contributed by atoms with van der Waals surface area (Å²) in [6.07, 6.45) is 0.834. The van der Waals surface area contributed by atoms with Gasteiger partial charge >= 0.3 is 5.97 Å². The van der Waals surface area contributed by atoms with Crippen molar-refractivity contribution in [1.82, 2.24) is 14.9 Å². The van der Waals surface area contributed by atoms with Crippen LogP contribution in [0.1, 0.15) is 37.0 Å². The first-order chi connectivity index (χ1) is 12.3. The molecule has 0 bridgehead atoms. The van der Waals surface area contributed by atoms with E-state index in [0.717, 1.165) is 0 Å². The predicted molar refractivity (Wildman–Crippen MR) is 102 cm³/mol. The van der Waals surface area contributed by atoms with E-state index in [0.29, 0.717) is 48.3 Å². The van der Waals surface area contributed by atoms with E-state index in [1.54, 1.807) is 12.1 Å². The van der Waals surface area contributed by atoms with Crippen molar-refractivity contribution in [3.05, 3.63) is 38.9 Å². The van der Waals surface area contributed by atoms with Gasteiger partial charge in [-0.2, -0.15) is 0 Å². The summed E-state index contributed by atoms with van der Waals surface area (Å²) in [5, 5.41) is 3.27. The standard InChI is InChI=1S/C18H23N3O4S/c1-11(2)10-19-15(22)5-4-8-21-16(23)13-7-6-12(17(24)25-3)9-14(13)20-18(21)26/h6-7,9,11H,4-5,8,10H2,1-3H3,(H,19,22)(H,20,26). The van der Waals surface area contributed by atoms with Gasteiger partial charge in [0.25, 0.3) is 5.56 Å². The van der Waals surface area contributed by atoms with Gasteiger partial charge in [0.2, 0.25) is 5.91 Å². The van der Waals surface area contributed by atoms with Crippen molar-refractivity contribution in [2.75, 3.05) is 13.7 Å². The Labute approximate surface area is 156 Å². The Hall–Kier alpha value is -2.48. The number of carbonyl (C=O) groups is 2. The molecule has 0 aliphatic rings. The molecular weight excluding hydrogens is 354 g/mol. The highest BCUT2D eigenvalue weighted by molar-refractivity contribution is 7.71. The molecule has 0 atom stereocenters. The fourth-order valence-electron chi connectivity index (χ4n) is 2.51. The minimum Gasteiger partial charge on any atom is -0.465 e. The van der Waals surface area contributed by atoms with Gasteiger partial charge in [0.1, 0.15) is 0 Å². The van der Waals surface area contributed by atoms with Crippen LogP contribution < -0.4 is 10.9 Å². The fourth-order valence-corrected chi connectivity index (χ4v) is 2.79. The third kappa shape index (κ3) is 4.78. The van der Waals surface area contributed by atoms with Crippen LogP contribution in [0.15, 0.2) is 23.0 Å². The number of nitrogens with zero attached hydrogens (tertiary/aromatic N) is 1. The van der Waals surface area contributed by atoms with Crippen LogP contribution in [0, 0.1) is 10.7 Å². The lowest BCUT2D eigenvalue weighted by Crippen LogP contribution is -2.28. The molecule has 7 nitrogen and oxygen atoms in total. The number of fused-ring (bicyclic) bond motifs is 1. The van der Waals surface area contributed by atoms with Gasteiger partial charge in [-0.15, -0.1) is 0 Å². The maximum absolute atomic E-state index is 12.7. The first-order valence-electron chi connectivity index (χ1n) is 8.45. The Morgan fingerprint density at radius 1 is 1.35 bits per heavy atom. The maximum Gasteiger partial charge on any atom is 0.337 e. The highest BCUT2D eigenvalue weighted by atomic mass is 32.1. The lowest BCUT2D eigenvalue weighted by molar-refractivity contribution is -0.121. The number of benzene rings is 1. The van der Waals surface area contributed by atoms with E-state index in [9.17, 15) is 14.4 Å². The summed E-state index contributed by atoms with van der Waals surface area (Å²) in [6.45, 7) is 5.04. The van der Waals surface area contributed by atoms with Gasteiger partial charge in [0.15, 0.2) is 4.77 Å². The molecule has 1 aromatic heterocycles. The number of rotatable bonds is 7. The number of carbonyl (C=O) groups excluding carboxylic acids is 2. The van der Waals surface area contributed by atoms with Crippen molar-refractivity contribution in [1.29, 1.82) is 0 Å². The second-order valence-corrected chi connectivity index (χ2v) is 6.83. The lowest BCUT2D eigenvalue weighted by Gasteiger charge is -2.10. The molecule has 2 rings (SSSR count). The zero-order valence-corrected chi connectivity index (χ0v) is 15.9. The Morgan fingerprint density at radius 2 is 2.08 bits per heavy atom. The lowest BCUT2D eigenvalue weighted by atomic mass is 10.1. The third-order valence-electron chi connectivity index (χ3n) is 3.90. The Kier molecular flexibility index (Phi) is 6.68. The normalized spacial score (nSPS) is 10.9. The van der Waals surface area contributed by atoms with Crippen LogP contribution in [0.3, 0.4) is 0 Å². The summed E-state index contributed by atoms with van der Waals surface area (Å²) >= 11 is 5.26. The van der Waals surface area contributed by atoms with Crippen LogP contribution in [0.25, 0.3) is 10.9 Å². The number of aromatic amines is 1. The number of esters is 1. The summed E-state index contributed by atoms with van der Waals surface area (Å²) in [7, 11) is 1.30. The molecule has 1 heterocycles. The molecule has 0 unspecified atom stereocenters. The minimum absolute atomic E-state index is 0.0369. The van der Waals surface area contributed by atoms with Crippen LogP contribution in [0.5, 0.6) is 0 Å². The first kappa shape index (κ1) is 19.8. The van der Waals surface area contributed by atoms with Gasteiger partial charge in [0.05, 0.1) is 23.6 Å². The fraction of sp³-hybridized carbons (Fsp3) is 0.444. The van der Waals surface area contributed by atoms with Crippen molar-refractivity contribution in [3.63, 3.8) is 0 Å². The molecule has 0 aliphatic heterocycles. The van der Waals surface area contributed by atoms with Crippen LogP contribution in [-0.2, 0) is 16.1 Å². The summed E-state index contributed by atoms with van der Waals surface area (Å²) in [5.41, 5.74) is 0.571. The molecule has 0 saturated heterocycles. The van der Waals surface area contributed by atoms with E-state index in [2.05, 4.69) is 15.0 Å². The molecule has 2 N–H and O–H groups in total. The Balaban J connectivity index is 2.16. The molecule has 0 radical (unpaired) electrons. The summed E-state index contributed by atoms with van der Waals surface area (Å²) in [6, 6.07) is 4.65. The topological polar surface area (TPSA) is 93.2 Å². The van der Waals surface area contributed by atoms with E-state index < -0.39 is 5.97 Å². The Morgan fingerprint density at radius 3 is 2.73 bits per heavy atom. The summed E-state index contributed by atoms with van der Waals surface area (Å²) in [4.78, 5) is 39.0. The quantitative estimate of drug-likeness (QED) is 0.571. The van der Waals surface area contributed by atoms with E-state index in [1.807, 2.05) is 13.8 Å². The number of methoxy groups -OCH3 is 1. The smallest absolute Gasteiger partial charge is 0.337 e. The average molecular weight is 377 g/mol. The molecule has 140 valence electrons. The van der Waals surface area contributed by atoms with Crippen molar-refractivity contribution in [3.8, 4) is 0 Å². The third-order valence-corrected chi connectivity index (χ3v) is 4.22. The predicted octanol–water partition coefficient (Wildman–Crippen LogP) is 2.40. The summed E-state index contributed by atoms with van der Waals surface area (Å²) < 4.78 is 6.37. The van der Waals surface area contributed by atoms with E-state index in [1.165, 1.54) is 17.7 Å². The van der Waals surface area contributed by atoms with Crippen LogP contribution >= 0.6 is 12.2 Å². The zero-order chi connectivity index (χ0) is 19.3. The maximum atomic E-state index is 12.7. The molecule has 0 saturated carbocycles. The molecular formula is C18H23N3O4S. The average Bonchev–Trinajstić information content (AvgIpc) is 2.61. The van der Waals surface area contributed by atoms with Crippen LogP contribution in [0.2, 0.25) is 0 Å². The van der Waals surface area contributed by atoms with Gasteiger partial charge in [-0.25, -0.2) is 4.79 Å². The van der Waals surface area contributed by atoms with E-state index in [-0.39, 0.29) is 16.2 Å². The minimum atomic E-state index is -0.484. The van der Waals surface area contributed by atoms with E-state index >= 15 is 0 Å². The number of hydrogen-bond donors (Lipinski definition) is 2. The SMILES string of the molecule is COC(=O)c1ccc2c(=O)n(CCCC(=O)NCC(C)C)c(=S)[nH]c2c1. The number of amides is 1. The first-order valence-corrected chi connectivity index (χ1v) is 8.86. The molecule has 8 heteroatoms. The molecule has 1 amide bonds. The van der Waals surface area contributed by atoms with Gasteiger partial charge < -0.3 is 15.0 Å². The van der Waals surface area contributed by atoms with Gasteiger partial charge in [0, 0.05) is 19.5 Å². The van der Waals surface area contributed by atoms with Gasteiger partial charge in [-0.3, -0.25) is 14.2 Å². The second-order valence-electron chi connectivity index (χ2n) is 6.44. The molecule has 1 aromatic carbocycles. The molecule has 0 spiro atoms. The molecule has 26 heavy (non-hydrogen) atoms. The number of H-pyrrole nitrogens is 1. The molecule has 2 aromatic rings. The van der Waals surface area contributed by atoms with Gasteiger partial charge in [-0.1, -0.05) is 13.8 Å². The highest BCUT2D eigenvalue weighted by Gasteiger charge is 2.11. The van der Waals surface area contributed by atoms with Gasteiger partial charge in [-0.05, 0) is 42.8 Å². The molecule has 0 fully saturated rings. The van der Waals surface area contributed by atoms with Crippen molar-refractivity contribution in [2.45, 2.75) is 33.2 Å². The largest absolute Gasteiger partial charge is 0.465 e. The number of hydrogen-bond acceptors (Lipinski definition) is 5. The number of ether oxygens (including phenoxy) is 1. The van der Waals surface area contributed by atoms with E-state index in [4.69, 9.17) is 12.2 Å². The van der Waals surface area contributed by atoms with Crippen LogP contribution in [-0.4, -0.2) is 35.1 Å². The number of aromatic nitrogens is 2. The van der Waals surface area contributed by atoms with Crippen molar-refractivity contribution >= 4 is 35.0 Å². The van der Waals surface area contributed by atoms with Crippen LogP contribution in [0.4, 0.5) is 0 Å².